The zero-order valence-electron chi connectivity index (χ0n) is 8.86. The lowest BCUT2D eigenvalue weighted by Gasteiger charge is -1.97. The predicted molar refractivity (Wildman–Crippen MR) is 59.2 cm³/mol. The van der Waals surface area contributed by atoms with Crippen LogP contribution in [0.3, 0.4) is 0 Å². The summed E-state index contributed by atoms with van der Waals surface area (Å²) in [5, 5.41) is 6.95. The van der Waals surface area contributed by atoms with Crippen molar-refractivity contribution < 1.29 is 0 Å². The number of H-pyrrole nitrogens is 1. The molecule has 15 heavy (non-hydrogen) atoms. The third kappa shape index (κ3) is 2.05. The van der Waals surface area contributed by atoms with Gasteiger partial charge in [0.2, 0.25) is 0 Å². The number of hydrogen-bond donors (Lipinski definition) is 2. The second kappa shape index (κ2) is 3.82. The number of benzene rings is 1. The van der Waals surface area contributed by atoms with Crippen molar-refractivity contribution in [3.63, 3.8) is 0 Å². The van der Waals surface area contributed by atoms with Crippen molar-refractivity contribution >= 4 is 0 Å². The molecule has 0 fully saturated rings. The monoisotopic (exact) mass is 202 g/mol. The van der Waals surface area contributed by atoms with E-state index in [1.165, 1.54) is 5.56 Å². The summed E-state index contributed by atoms with van der Waals surface area (Å²) in [6.07, 6.45) is 0. The summed E-state index contributed by atoms with van der Waals surface area (Å²) >= 11 is 0. The molecule has 0 radical (unpaired) electrons. The molecule has 0 aliphatic carbocycles. The molecule has 2 rings (SSSR count). The highest BCUT2D eigenvalue weighted by atomic mass is 15.2. The summed E-state index contributed by atoms with van der Waals surface area (Å²) in [5.41, 5.74) is 7.92. The molecule has 0 aliphatic rings. The van der Waals surface area contributed by atoms with E-state index in [1.807, 2.05) is 31.2 Å². The smallest absolute Gasteiger partial charge is 0.181 e. The quantitative estimate of drug-likeness (QED) is 0.780. The van der Waals surface area contributed by atoms with Crippen LogP contribution in [0.15, 0.2) is 24.3 Å². The lowest BCUT2D eigenvalue weighted by molar-refractivity contribution is 0.745. The van der Waals surface area contributed by atoms with E-state index in [-0.39, 0.29) is 6.04 Å². The number of aromatic nitrogens is 3. The summed E-state index contributed by atoms with van der Waals surface area (Å²) in [4.78, 5) is 4.32. The van der Waals surface area contributed by atoms with Crippen molar-refractivity contribution in [3.05, 3.63) is 35.7 Å². The van der Waals surface area contributed by atoms with Gasteiger partial charge in [0.15, 0.2) is 5.82 Å². The number of nitrogens with one attached hydrogen (secondary N) is 1. The molecular weight excluding hydrogens is 188 g/mol. The summed E-state index contributed by atoms with van der Waals surface area (Å²) < 4.78 is 0. The van der Waals surface area contributed by atoms with Crippen molar-refractivity contribution in [2.45, 2.75) is 19.9 Å². The number of nitrogens with zero attached hydrogens (tertiary/aromatic N) is 2. The van der Waals surface area contributed by atoms with Gasteiger partial charge in [-0.1, -0.05) is 29.8 Å². The predicted octanol–water partition coefficient (Wildman–Crippen LogP) is 1.80. The largest absolute Gasteiger partial charge is 0.322 e. The zero-order chi connectivity index (χ0) is 10.8. The van der Waals surface area contributed by atoms with E-state index in [0.29, 0.717) is 11.6 Å². The third-order valence-electron chi connectivity index (χ3n) is 2.24. The van der Waals surface area contributed by atoms with E-state index < -0.39 is 0 Å². The van der Waals surface area contributed by atoms with Gasteiger partial charge >= 0.3 is 0 Å². The van der Waals surface area contributed by atoms with E-state index in [2.05, 4.69) is 22.1 Å². The molecule has 0 spiro atoms. The fourth-order valence-electron chi connectivity index (χ4n) is 1.31. The van der Waals surface area contributed by atoms with Gasteiger partial charge in [0.05, 0.1) is 6.04 Å². The standard InChI is InChI=1S/C11H14N4/c1-7-3-5-9(6-4-7)11-13-10(8(2)12)14-15-11/h3-6,8H,12H2,1-2H3,(H,13,14,15). The SMILES string of the molecule is Cc1ccc(-c2n[nH]c(C(C)N)n2)cc1. The van der Waals surface area contributed by atoms with Crippen LogP contribution >= 0.6 is 0 Å². The molecule has 1 aromatic heterocycles. The van der Waals surface area contributed by atoms with Gasteiger partial charge in [-0.2, -0.15) is 5.10 Å². The second-order valence-electron chi connectivity index (χ2n) is 3.70. The minimum atomic E-state index is -0.114. The Hall–Kier alpha value is -1.68. The molecule has 0 amide bonds. The lowest BCUT2D eigenvalue weighted by atomic mass is 10.1. The number of hydrogen-bond acceptors (Lipinski definition) is 3. The second-order valence-corrected chi connectivity index (χ2v) is 3.70. The van der Waals surface area contributed by atoms with Crippen LogP contribution in [-0.4, -0.2) is 15.2 Å². The molecule has 78 valence electrons. The normalized spacial score (nSPS) is 12.7. The third-order valence-corrected chi connectivity index (χ3v) is 2.24. The summed E-state index contributed by atoms with van der Waals surface area (Å²) in [6.45, 7) is 3.93. The number of rotatable bonds is 2. The summed E-state index contributed by atoms with van der Waals surface area (Å²) in [6, 6.07) is 7.97. The van der Waals surface area contributed by atoms with Crippen molar-refractivity contribution in [1.82, 2.24) is 15.2 Å². The Kier molecular flexibility index (Phi) is 2.51. The van der Waals surface area contributed by atoms with Gasteiger partial charge in [-0.15, -0.1) is 0 Å². The maximum atomic E-state index is 5.70. The van der Waals surface area contributed by atoms with Crippen LogP contribution in [0.1, 0.15) is 24.4 Å². The maximum Gasteiger partial charge on any atom is 0.181 e. The molecular formula is C11H14N4. The molecule has 0 saturated carbocycles. The van der Waals surface area contributed by atoms with Gasteiger partial charge in [-0.05, 0) is 13.8 Å². The highest BCUT2D eigenvalue weighted by molar-refractivity contribution is 5.54. The molecule has 0 aliphatic heterocycles. The van der Waals surface area contributed by atoms with Crippen LogP contribution in [0.5, 0.6) is 0 Å². The van der Waals surface area contributed by atoms with E-state index in [0.717, 1.165) is 5.56 Å². The Morgan fingerprint density at radius 2 is 1.93 bits per heavy atom. The Bertz CT molecular complexity index is 442. The average Bonchev–Trinajstić information content (AvgIpc) is 2.68. The van der Waals surface area contributed by atoms with Gasteiger partial charge in [-0.3, -0.25) is 5.10 Å². The van der Waals surface area contributed by atoms with Crippen LogP contribution in [-0.2, 0) is 0 Å². The Labute approximate surface area is 88.5 Å². The number of nitrogens with two attached hydrogens (primary N) is 1. The van der Waals surface area contributed by atoms with Crippen LogP contribution in [0.2, 0.25) is 0 Å². The first-order valence-electron chi connectivity index (χ1n) is 4.92. The molecule has 4 heteroatoms. The van der Waals surface area contributed by atoms with E-state index in [1.54, 1.807) is 0 Å². The van der Waals surface area contributed by atoms with Crippen molar-refractivity contribution in [3.8, 4) is 11.4 Å². The van der Waals surface area contributed by atoms with Gasteiger partial charge in [0.1, 0.15) is 5.82 Å². The fraction of sp³-hybridized carbons (Fsp3) is 0.273. The fourth-order valence-corrected chi connectivity index (χ4v) is 1.31. The highest BCUT2D eigenvalue weighted by Gasteiger charge is 2.07. The first kappa shape index (κ1) is 9.86. The molecule has 0 saturated heterocycles. The maximum absolute atomic E-state index is 5.70. The molecule has 2 aromatic rings. The Morgan fingerprint density at radius 1 is 1.27 bits per heavy atom. The minimum absolute atomic E-state index is 0.114. The van der Waals surface area contributed by atoms with Gasteiger partial charge in [0.25, 0.3) is 0 Å². The molecule has 1 aromatic carbocycles. The Balaban J connectivity index is 2.33. The highest BCUT2D eigenvalue weighted by Crippen LogP contribution is 2.16. The number of aromatic amines is 1. The van der Waals surface area contributed by atoms with Crippen LogP contribution in [0.4, 0.5) is 0 Å². The topological polar surface area (TPSA) is 67.6 Å². The summed E-state index contributed by atoms with van der Waals surface area (Å²) in [7, 11) is 0. The van der Waals surface area contributed by atoms with Gasteiger partial charge < -0.3 is 5.73 Å². The molecule has 4 nitrogen and oxygen atoms in total. The summed E-state index contributed by atoms with van der Waals surface area (Å²) in [5.74, 6) is 1.41. The van der Waals surface area contributed by atoms with Crippen LogP contribution < -0.4 is 5.73 Å². The molecule has 1 heterocycles. The zero-order valence-corrected chi connectivity index (χ0v) is 8.86. The lowest BCUT2D eigenvalue weighted by Crippen LogP contribution is -2.06. The number of aryl methyl sites for hydroxylation is 1. The first-order chi connectivity index (χ1) is 7.16. The van der Waals surface area contributed by atoms with Crippen LogP contribution in [0.25, 0.3) is 11.4 Å². The first-order valence-corrected chi connectivity index (χ1v) is 4.92. The van der Waals surface area contributed by atoms with Crippen molar-refractivity contribution in [1.29, 1.82) is 0 Å². The van der Waals surface area contributed by atoms with E-state index in [4.69, 9.17) is 5.73 Å². The molecule has 0 bridgehead atoms. The van der Waals surface area contributed by atoms with Crippen LogP contribution in [0, 0.1) is 6.92 Å². The molecule has 1 atom stereocenters. The van der Waals surface area contributed by atoms with E-state index in [9.17, 15) is 0 Å². The minimum Gasteiger partial charge on any atom is -0.322 e. The van der Waals surface area contributed by atoms with Crippen molar-refractivity contribution in [2.24, 2.45) is 5.73 Å². The molecule has 1 unspecified atom stereocenters. The van der Waals surface area contributed by atoms with E-state index >= 15 is 0 Å². The average molecular weight is 202 g/mol. The van der Waals surface area contributed by atoms with Gasteiger partial charge in [0, 0.05) is 5.56 Å². The molecule has 3 N–H and O–H groups in total. The van der Waals surface area contributed by atoms with Gasteiger partial charge in [-0.25, -0.2) is 4.98 Å². The van der Waals surface area contributed by atoms with Crippen molar-refractivity contribution in [2.75, 3.05) is 0 Å². The Morgan fingerprint density at radius 3 is 2.47 bits per heavy atom.